The molecule has 0 aliphatic carbocycles. The van der Waals surface area contributed by atoms with Crippen LogP contribution in [0.2, 0.25) is 0 Å². The molecule has 1 aliphatic heterocycles. The van der Waals surface area contributed by atoms with E-state index in [0.717, 1.165) is 24.8 Å². The fourth-order valence-corrected chi connectivity index (χ4v) is 3.82. The van der Waals surface area contributed by atoms with Crippen LogP contribution in [-0.4, -0.2) is 35.5 Å². The fourth-order valence-electron chi connectivity index (χ4n) is 2.78. The van der Waals surface area contributed by atoms with Gasteiger partial charge in [0.25, 0.3) is 0 Å². The van der Waals surface area contributed by atoms with Crippen LogP contribution in [0.15, 0.2) is 24.3 Å². The third-order valence-corrected chi connectivity index (χ3v) is 4.87. The van der Waals surface area contributed by atoms with Crippen molar-refractivity contribution in [2.75, 3.05) is 25.4 Å². The first-order valence-electron chi connectivity index (χ1n) is 6.89. The summed E-state index contributed by atoms with van der Waals surface area (Å²) in [7, 11) is 0. The lowest BCUT2D eigenvalue weighted by Gasteiger charge is -2.37. The molecule has 0 spiro atoms. The molecular weight excluding hydrogens is 240 g/mol. The highest BCUT2D eigenvalue weighted by Crippen LogP contribution is 2.28. The number of rotatable bonds is 4. The van der Waals surface area contributed by atoms with Gasteiger partial charge in [0, 0.05) is 36.7 Å². The average Bonchev–Trinajstić information content (AvgIpc) is 2.40. The van der Waals surface area contributed by atoms with Crippen LogP contribution in [-0.2, 0) is 6.42 Å². The predicted octanol–water partition coefficient (Wildman–Crippen LogP) is 2.69. The van der Waals surface area contributed by atoms with Crippen molar-refractivity contribution in [2.45, 2.75) is 31.6 Å². The van der Waals surface area contributed by atoms with Crippen LogP contribution < -0.4 is 5.73 Å². The summed E-state index contributed by atoms with van der Waals surface area (Å²) in [5, 5.41) is 0.724. The second kappa shape index (κ2) is 6.60. The molecule has 1 saturated heterocycles. The third kappa shape index (κ3) is 3.08. The summed E-state index contributed by atoms with van der Waals surface area (Å²) >= 11 is 2.07. The lowest BCUT2D eigenvalue weighted by molar-refractivity contribution is 0.210. The Kier molecular flexibility index (Phi) is 5.10. The van der Waals surface area contributed by atoms with Crippen molar-refractivity contribution in [3.63, 3.8) is 0 Å². The molecule has 18 heavy (non-hydrogen) atoms. The maximum Gasteiger partial charge on any atom is 0.0473 e. The number of aryl methyl sites for hydroxylation is 1. The van der Waals surface area contributed by atoms with E-state index >= 15 is 0 Å². The molecule has 1 aromatic rings. The van der Waals surface area contributed by atoms with E-state index in [-0.39, 0.29) is 0 Å². The maximum absolute atomic E-state index is 6.06. The largest absolute Gasteiger partial charge is 0.329 e. The lowest BCUT2D eigenvalue weighted by atomic mass is 9.97. The van der Waals surface area contributed by atoms with E-state index in [1.165, 1.54) is 16.9 Å². The number of hydrogen-bond acceptors (Lipinski definition) is 3. The van der Waals surface area contributed by atoms with Gasteiger partial charge >= 0.3 is 0 Å². The van der Waals surface area contributed by atoms with Crippen molar-refractivity contribution in [1.82, 2.24) is 4.90 Å². The SMILES string of the molecule is CCc1ccccc1C(CN)N1CCSC(C)C1. The standard InChI is InChI=1S/C15H24N2S/c1-3-13-6-4-5-7-14(13)15(10-16)17-8-9-18-12(2)11-17/h4-7,12,15H,3,8-11,16H2,1-2H3. The molecule has 3 heteroatoms. The molecule has 100 valence electrons. The number of thioether (sulfide) groups is 1. The molecule has 0 saturated carbocycles. The fraction of sp³-hybridized carbons (Fsp3) is 0.600. The van der Waals surface area contributed by atoms with Crippen molar-refractivity contribution < 1.29 is 0 Å². The average molecular weight is 264 g/mol. The molecule has 1 aromatic carbocycles. The highest BCUT2D eigenvalue weighted by molar-refractivity contribution is 7.99. The summed E-state index contributed by atoms with van der Waals surface area (Å²) in [4.78, 5) is 2.57. The van der Waals surface area contributed by atoms with Gasteiger partial charge in [-0.25, -0.2) is 0 Å². The molecule has 2 nitrogen and oxygen atoms in total. The van der Waals surface area contributed by atoms with Gasteiger partial charge in [-0.1, -0.05) is 38.1 Å². The Morgan fingerprint density at radius 3 is 2.89 bits per heavy atom. The van der Waals surface area contributed by atoms with Crippen molar-refractivity contribution in [3.8, 4) is 0 Å². The zero-order valence-electron chi connectivity index (χ0n) is 11.4. The quantitative estimate of drug-likeness (QED) is 0.906. The maximum atomic E-state index is 6.06. The van der Waals surface area contributed by atoms with Crippen molar-refractivity contribution in [1.29, 1.82) is 0 Å². The zero-order chi connectivity index (χ0) is 13.0. The van der Waals surface area contributed by atoms with Gasteiger partial charge in [-0.05, 0) is 17.5 Å². The summed E-state index contributed by atoms with van der Waals surface area (Å²) < 4.78 is 0. The van der Waals surface area contributed by atoms with Gasteiger partial charge in [0.15, 0.2) is 0 Å². The number of nitrogens with zero attached hydrogens (tertiary/aromatic N) is 1. The molecule has 0 radical (unpaired) electrons. The lowest BCUT2D eigenvalue weighted by Crippen LogP contribution is -2.42. The van der Waals surface area contributed by atoms with E-state index in [2.05, 4.69) is 54.8 Å². The number of hydrogen-bond donors (Lipinski definition) is 1. The van der Waals surface area contributed by atoms with Crippen LogP contribution >= 0.6 is 11.8 Å². The van der Waals surface area contributed by atoms with Gasteiger partial charge in [0.05, 0.1) is 0 Å². The molecule has 2 unspecified atom stereocenters. The first-order valence-corrected chi connectivity index (χ1v) is 7.94. The predicted molar refractivity (Wildman–Crippen MR) is 81.1 cm³/mol. The van der Waals surface area contributed by atoms with Crippen molar-refractivity contribution >= 4 is 11.8 Å². The van der Waals surface area contributed by atoms with Gasteiger partial charge in [0.2, 0.25) is 0 Å². The molecule has 0 bridgehead atoms. The highest BCUT2D eigenvalue weighted by Gasteiger charge is 2.25. The van der Waals surface area contributed by atoms with Crippen LogP contribution in [0, 0.1) is 0 Å². The van der Waals surface area contributed by atoms with Gasteiger partial charge in [0.1, 0.15) is 0 Å². The molecule has 2 atom stereocenters. The Morgan fingerprint density at radius 1 is 1.44 bits per heavy atom. The minimum atomic E-state index is 0.393. The summed E-state index contributed by atoms with van der Waals surface area (Å²) in [5.41, 5.74) is 8.93. The summed E-state index contributed by atoms with van der Waals surface area (Å²) in [6.07, 6.45) is 1.09. The van der Waals surface area contributed by atoms with Gasteiger partial charge in [-0.3, -0.25) is 4.90 Å². The minimum Gasteiger partial charge on any atom is -0.329 e. The second-order valence-corrected chi connectivity index (χ2v) is 6.53. The Labute approximate surface area is 115 Å². The van der Waals surface area contributed by atoms with E-state index < -0.39 is 0 Å². The van der Waals surface area contributed by atoms with Crippen molar-refractivity contribution in [3.05, 3.63) is 35.4 Å². The third-order valence-electron chi connectivity index (χ3n) is 3.73. The smallest absolute Gasteiger partial charge is 0.0473 e. The molecule has 1 fully saturated rings. The highest BCUT2D eigenvalue weighted by atomic mass is 32.2. The van der Waals surface area contributed by atoms with Crippen molar-refractivity contribution in [2.24, 2.45) is 5.73 Å². The number of nitrogens with two attached hydrogens (primary N) is 1. The Hall–Kier alpha value is -0.510. The molecule has 0 aromatic heterocycles. The number of benzene rings is 1. The van der Waals surface area contributed by atoms with Crippen LogP contribution in [0.4, 0.5) is 0 Å². The van der Waals surface area contributed by atoms with Gasteiger partial charge < -0.3 is 5.73 Å². The second-order valence-electron chi connectivity index (χ2n) is 4.98. The Balaban J connectivity index is 2.21. The van der Waals surface area contributed by atoms with E-state index in [0.29, 0.717) is 12.6 Å². The van der Waals surface area contributed by atoms with E-state index in [9.17, 15) is 0 Å². The van der Waals surface area contributed by atoms with Gasteiger partial charge in [-0.15, -0.1) is 0 Å². The van der Waals surface area contributed by atoms with E-state index in [4.69, 9.17) is 5.73 Å². The van der Waals surface area contributed by atoms with Crippen LogP contribution in [0.1, 0.15) is 31.0 Å². The Bertz CT molecular complexity index is 381. The molecule has 0 amide bonds. The first-order chi connectivity index (χ1) is 8.76. The summed E-state index contributed by atoms with van der Waals surface area (Å²) in [6.45, 7) is 7.57. The molecule has 1 heterocycles. The van der Waals surface area contributed by atoms with Gasteiger partial charge in [-0.2, -0.15) is 11.8 Å². The summed E-state index contributed by atoms with van der Waals surface area (Å²) in [6, 6.07) is 9.15. The molecule has 1 aliphatic rings. The minimum absolute atomic E-state index is 0.393. The van der Waals surface area contributed by atoms with E-state index in [1.807, 2.05) is 0 Å². The topological polar surface area (TPSA) is 29.3 Å². The van der Waals surface area contributed by atoms with Crippen LogP contribution in [0.3, 0.4) is 0 Å². The Morgan fingerprint density at radius 2 is 2.22 bits per heavy atom. The van der Waals surface area contributed by atoms with E-state index in [1.54, 1.807) is 0 Å². The van der Waals surface area contributed by atoms with Crippen LogP contribution in [0.5, 0.6) is 0 Å². The molecule has 2 rings (SSSR count). The zero-order valence-corrected chi connectivity index (χ0v) is 12.2. The molecular formula is C15H24N2S. The monoisotopic (exact) mass is 264 g/mol. The molecule has 2 N–H and O–H groups in total. The van der Waals surface area contributed by atoms with Crippen LogP contribution in [0.25, 0.3) is 0 Å². The first kappa shape index (κ1) is 13.9. The summed E-state index contributed by atoms with van der Waals surface area (Å²) in [5.74, 6) is 1.23. The normalized spacial score (nSPS) is 22.9.